The Kier molecular flexibility index (Phi) is 9.39. The molecule has 0 saturated carbocycles. The number of ketones is 1. The lowest BCUT2D eigenvalue weighted by Crippen LogP contribution is -2.31. The second-order valence-electron chi connectivity index (χ2n) is 11.0. The first kappa shape index (κ1) is 31.6. The highest BCUT2D eigenvalue weighted by Crippen LogP contribution is 2.29. The fourth-order valence-corrected chi connectivity index (χ4v) is 6.73. The summed E-state index contributed by atoms with van der Waals surface area (Å²) in [5.74, 6) is -1.26. The third-order valence-corrected chi connectivity index (χ3v) is 9.95. The summed E-state index contributed by atoms with van der Waals surface area (Å²) in [6.45, 7) is 4.12. The standard InChI is InChI=1S/C33H33Cl2N3O5S/c1-20-15-25(16-21(2)31(20)35)43-13-4-5-27-26-8-7-24(34)18-28(26)37-32(27)30(39)19-44(41,42)14-11-36-33(40)23-6-9-29-22(17-23)10-12-38(29)3/h6-10,12,15-18,37H,4-5,11,13-14,19H2,1-3H3,(H,36,40). The van der Waals surface area contributed by atoms with Crippen molar-refractivity contribution in [3.63, 3.8) is 0 Å². The zero-order chi connectivity index (χ0) is 31.6. The second-order valence-corrected chi connectivity index (χ2v) is 14.0. The minimum Gasteiger partial charge on any atom is -0.494 e. The lowest BCUT2D eigenvalue weighted by atomic mass is 10.0. The molecule has 5 aromatic rings. The molecular weight excluding hydrogens is 621 g/mol. The minimum absolute atomic E-state index is 0.114. The molecule has 0 bridgehead atoms. The van der Waals surface area contributed by atoms with Gasteiger partial charge in [0.1, 0.15) is 11.5 Å². The first-order chi connectivity index (χ1) is 20.9. The number of benzene rings is 3. The SMILES string of the molecule is Cc1cc(OCCCc2c(C(=O)CS(=O)(=O)CCNC(=O)c3ccc4c(ccn4C)c3)[nH]c3cc(Cl)ccc23)cc(C)c1Cl. The number of amides is 1. The number of halogens is 2. The van der Waals surface area contributed by atoms with Gasteiger partial charge in [0.15, 0.2) is 15.6 Å². The van der Waals surface area contributed by atoms with Crippen LogP contribution in [0.25, 0.3) is 21.8 Å². The van der Waals surface area contributed by atoms with Crippen molar-refractivity contribution in [3.05, 3.63) is 98.8 Å². The summed E-state index contributed by atoms with van der Waals surface area (Å²) in [6.07, 6.45) is 2.97. The Morgan fingerprint density at radius 3 is 2.50 bits per heavy atom. The van der Waals surface area contributed by atoms with Crippen LogP contribution in [0.3, 0.4) is 0 Å². The Labute approximate surface area is 266 Å². The first-order valence-corrected chi connectivity index (χ1v) is 16.8. The maximum atomic E-state index is 13.4. The number of nitrogens with zero attached hydrogens (tertiary/aromatic N) is 1. The third kappa shape index (κ3) is 7.12. The predicted octanol–water partition coefficient (Wildman–Crippen LogP) is 6.62. The van der Waals surface area contributed by atoms with E-state index in [1.807, 2.05) is 62.0 Å². The molecule has 0 aliphatic carbocycles. The summed E-state index contributed by atoms with van der Waals surface area (Å²) < 4.78 is 33.8. The van der Waals surface area contributed by atoms with E-state index in [1.54, 1.807) is 24.3 Å². The molecule has 2 N–H and O–H groups in total. The first-order valence-electron chi connectivity index (χ1n) is 14.2. The molecule has 2 aromatic heterocycles. The molecule has 1 amide bonds. The summed E-state index contributed by atoms with van der Waals surface area (Å²) in [7, 11) is -1.90. The predicted molar refractivity (Wildman–Crippen MR) is 176 cm³/mol. The molecule has 0 aliphatic heterocycles. The molecule has 0 saturated heterocycles. The zero-order valence-corrected chi connectivity index (χ0v) is 27.0. The van der Waals surface area contributed by atoms with Crippen LogP contribution < -0.4 is 10.1 Å². The van der Waals surface area contributed by atoms with Crippen molar-refractivity contribution < 1.29 is 22.7 Å². The van der Waals surface area contributed by atoms with Gasteiger partial charge in [-0.05, 0) is 91.9 Å². The van der Waals surface area contributed by atoms with Gasteiger partial charge in [-0.2, -0.15) is 0 Å². The highest BCUT2D eigenvalue weighted by molar-refractivity contribution is 7.92. The lowest BCUT2D eigenvalue weighted by Gasteiger charge is -2.11. The average Bonchev–Trinajstić information content (AvgIpc) is 3.52. The van der Waals surface area contributed by atoms with Crippen molar-refractivity contribution in [1.82, 2.24) is 14.9 Å². The van der Waals surface area contributed by atoms with Gasteiger partial charge in [0.2, 0.25) is 0 Å². The maximum Gasteiger partial charge on any atom is 0.251 e. The number of Topliss-reactive ketones (excluding diaryl/α,β-unsaturated/α-hetero) is 1. The van der Waals surface area contributed by atoms with E-state index in [9.17, 15) is 18.0 Å². The van der Waals surface area contributed by atoms with Crippen molar-refractivity contribution in [1.29, 1.82) is 0 Å². The van der Waals surface area contributed by atoms with Crippen molar-refractivity contribution >= 4 is 66.5 Å². The van der Waals surface area contributed by atoms with Gasteiger partial charge >= 0.3 is 0 Å². The van der Waals surface area contributed by atoms with Gasteiger partial charge < -0.3 is 19.6 Å². The van der Waals surface area contributed by atoms with E-state index in [0.717, 1.165) is 27.4 Å². The van der Waals surface area contributed by atoms with Crippen LogP contribution in [0.4, 0.5) is 0 Å². The molecule has 0 fully saturated rings. The molecule has 2 heterocycles. The van der Waals surface area contributed by atoms with E-state index < -0.39 is 21.4 Å². The smallest absolute Gasteiger partial charge is 0.251 e. The van der Waals surface area contributed by atoms with Crippen LogP contribution in [-0.2, 0) is 23.3 Å². The Bertz CT molecular complexity index is 1970. The maximum absolute atomic E-state index is 13.4. The number of aryl methyl sites for hydroxylation is 4. The van der Waals surface area contributed by atoms with Gasteiger partial charge in [0.25, 0.3) is 5.91 Å². The number of sulfone groups is 1. The number of fused-ring (bicyclic) bond motifs is 2. The van der Waals surface area contributed by atoms with Crippen LogP contribution in [0, 0.1) is 13.8 Å². The molecular formula is C33H33Cl2N3O5S. The van der Waals surface area contributed by atoms with E-state index in [0.29, 0.717) is 51.9 Å². The van der Waals surface area contributed by atoms with E-state index in [2.05, 4.69) is 10.3 Å². The van der Waals surface area contributed by atoms with Crippen LogP contribution in [0.2, 0.25) is 10.0 Å². The van der Waals surface area contributed by atoms with Crippen molar-refractivity contribution in [2.75, 3.05) is 24.7 Å². The van der Waals surface area contributed by atoms with Crippen LogP contribution in [0.1, 0.15) is 44.0 Å². The van der Waals surface area contributed by atoms with Crippen LogP contribution in [0.5, 0.6) is 5.75 Å². The zero-order valence-electron chi connectivity index (χ0n) is 24.7. The molecule has 0 aliphatic rings. The number of H-pyrrole nitrogens is 1. The lowest BCUT2D eigenvalue weighted by molar-refractivity contribution is 0.0955. The van der Waals surface area contributed by atoms with Crippen molar-refractivity contribution in [2.45, 2.75) is 26.7 Å². The number of ether oxygens (including phenoxy) is 1. The van der Waals surface area contributed by atoms with Crippen LogP contribution in [0.15, 0.2) is 60.8 Å². The van der Waals surface area contributed by atoms with E-state index >= 15 is 0 Å². The molecule has 44 heavy (non-hydrogen) atoms. The van der Waals surface area contributed by atoms with Crippen LogP contribution in [-0.4, -0.2) is 54.3 Å². The highest BCUT2D eigenvalue weighted by atomic mass is 35.5. The second kappa shape index (κ2) is 13.1. The Balaban J connectivity index is 1.22. The summed E-state index contributed by atoms with van der Waals surface area (Å²) in [5.41, 5.74) is 4.89. The average molecular weight is 655 g/mol. The fourth-order valence-electron chi connectivity index (χ4n) is 5.34. The van der Waals surface area contributed by atoms with Crippen LogP contribution >= 0.6 is 23.2 Å². The van der Waals surface area contributed by atoms with Crippen molar-refractivity contribution in [2.24, 2.45) is 7.05 Å². The molecule has 3 aromatic carbocycles. The molecule has 0 unspecified atom stereocenters. The summed E-state index contributed by atoms with van der Waals surface area (Å²) in [6, 6.07) is 16.2. The van der Waals surface area contributed by atoms with Gasteiger partial charge in [0, 0.05) is 57.2 Å². The van der Waals surface area contributed by atoms with Crippen molar-refractivity contribution in [3.8, 4) is 5.75 Å². The monoisotopic (exact) mass is 653 g/mol. The van der Waals surface area contributed by atoms with Gasteiger partial charge in [-0.1, -0.05) is 29.3 Å². The normalized spacial score (nSPS) is 11.8. The third-order valence-electron chi connectivity index (χ3n) is 7.59. The summed E-state index contributed by atoms with van der Waals surface area (Å²) in [4.78, 5) is 29.1. The molecule has 5 rings (SSSR count). The molecule has 0 atom stereocenters. The van der Waals surface area contributed by atoms with Gasteiger partial charge in [-0.15, -0.1) is 0 Å². The number of aromatic nitrogens is 2. The summed E-state index contributed by atoms with van der Waals surface area (Å²) in [5, 5.41) is 5.58. The number of hydrogen-bond donors (Lipinski definition) is 2. The number of carbonyl (C=O) groups excluding carboxylic acids is 2. The van der Waals surface area contributed by atoms with Gasteiger partial charge in [-0.25, -0.2) is 8.42 Å². The fraction of sp³-hybridized carbons (Fsp3) is 0.273. The quantitative estimate of drug-likeness (QED) is 0.116. The Morgan fingerprint density at radius 1 is 1.00 bits per heavy atom. The number of hydrogen-bond acceptors (Lipinski definition) is 5. The Hall–Kier alpha value is -3.79. The van der Waals surface area contributed by atoms with Gasteiger partial charge in [-0.3, -0.25) is 9.59 Å². The largest absolute Gasteiger partial charge is 0.494 e. The number of nitrogens with one attached hydrogen (secondary N) is 2. The van der Waals surface area contributed by atoms with E-state index in [4.69, 9.17) is 27.9 Å². The number of rotatable bonds is 12. The highest BCUT2D eigenvalue weighted by Gasteiger charge is 2.24. The minimum atomic E-state index is -3.82. The summed E-state index contributed by atoms with van der Waals surface area (Å²) >= 11 is 12.4. The number of carbonyl (C=O) groups is 2. The molecule has 11 heteroatoms. The van der Waals surface area contributed by atoms with Gasteiger partial charge in [0.05, 0.1) is 18.1 Å². The Morgan fingerprint density at radius 2 is 1.75 bits per heavy atom. The number of aromatic amines is 1. The molecule has 8 nitrogen and oxygen atoms in total. The molecule has 0 radical (unpaired) electrons. The van der Waals surface area contributed by atoms with E-state index in [1.165, 1.54) is 0 Å². The van der Waals surface area contributed by atoms with E-state index in [-0.39, 0.29) is 23.9 Å². The topological polar surface area (TPSA) is 110 Å². The molecule has 230 valence electrons. The molecule has 0 spiro atoms.